The van der Waals surface area contributed by atoms with Gasteiger partial charge in [0.15, 0.2) is 0 Å². The first kappa shape index (κ1) is 16.6. The molecule has 0 amide bonds. The monoisotopic (exact) mass is 304 g/mol. The highest BCUT2D eigenvalue weighted by Gasteiger charge is 2.24. The molecule has 0 radical (unpaired) electrons. The fourth-order valence-electron chi connectivity index (χ4n) is 2.56. The summed E-state index contributed by atoms with van der Waals surface area (Å²) in [4.78, 5) is 2.42. The summed E-state index contributed by atoms with van der Waals surface area (Å²) in [5.74, 6) is 0.935. The number of hydrogen-bond acceptors (Lipinski definition) is 3. The van der Waals surface area contributed by atoms with E-state index in [-0.39, 0.29) is 12.4 Å². The first-order valence-corrected chi connectivity index (χ1v) is 6.97. The molecule has 1 aliphatic heterocycles. The van der Waals surface area contributed by atoms with Crippen LogP contribution in [0, 0.1) is 0 Å². The summed E-state index contributed by atoms with van der Waals surface area (Å²) in [6.45, 7) is 5.38. The smallest absolute Gasteiger partial charge is 0.123 e. The van der Waals surface area contributed by atoms with E-state index in [1.807, 2.05) is 25.1 Å². The molecular weight excluding hydrogens is 283 g/mol. The molecule has 1 fully saturated rings. The number of rotatable bonds is 5. The Bertz CT molecular complexity index is 401. The molecule has 5 heteroatoms. The predicted octanol–water partition coefficient (Wildman–Crippen LogP) is 3.08. The lowest BCUT2D eigenvalue weighted by molar-refractivity contribution is 0.243. The van der Waals surface area contributed by atoms with Gasteiger partial charge in [0.25, 0.3) is 0 Å². The van der Waals surface area contributed by atoms with E-state index in [1.165, 1.54) is 12.8 Å². The van der Waals surface area contributed by atoms with E-state index in [9.17, 15) is 0 Å². The minimum Gasteiger partial charge on any atom is -0.494 e. The summed E-state index contributed by atoms with van der Waals surface area (Å²) in [5.41, 5.74) is 6.96. The van der Waals surface area contributed by atoms with Crippen molar-refractivity contribution in [3.8, 4) is 5.75 Å². The lowest BCUT2D eigenvalue weighted by atomic mass is 10.1. The summed E-state index contributed by atoms with van der Waals surface area (Å²) < 4.78 is 5.65. The predicted molar refractivity (Wildman–Crippen MR) is 82.4 cm³/mol. The second-order valence-electron chi connectivity index (χ2n) is 4.69. The number of halogens is 2. The fourth-order valence-corrected chi connectivity index (χ4v) is 2.75. The lowest BCUT2D eigenvalue weighted by Crippen LogP contribution is -2.34. The van der Waals surface area contributed by atoms with Crippen molar-refractivity contribution in [2.75, 3.05) is 19.7 Å². The summed E-state index contributed by atoms with van der Waals surface area (Å²) in [6.07, 6.45) is 2.42. The van der Waals surface area contributed by atoms with Gasteiger partial charge in [-0.25, -0.2) is 0 Å². The average molecular weight is 305 g/mol. The molecule has 3 nitrogen and oxygen atoms in total. The molecule has 108 valence electrons. The molecule has 1 atom stereocenters. The van der Waals surface area contributed by atoms with Gasteiger partial charge in [0, 0.05) is 29.7 Å². The van der Waals surface area contributed by atoms with E-state index in [1.54, 1.807) is 0 Å². The Labute approximate surface area is 126 Å². The van der Waals surface area contributed by atoms with Gasteiger partial charge in [0.05, 0.1) is 6.61 Å². The molecule has 0 aromatic heterocycles. The molecule has 0 spiro atoms. The fraction of sp³-hybridized carbons (Fsp3) is 0.571. The third-order valence-electron chi connectivity index (χ3n) is 3.47. The van der Waals surface area contributed by atoms with Crippen LogP contribution in [0.3, 0.4) is 0 Å². The van der Waals surface area contributed by atoms with Gasteiger partial charge in [0.1, 0.15) is 5.75 Å². The van der Waals surface area contributed by atoms with Crippen LogP contribution in [0.15, 0.2) is 18.2 Å². The quantitative estimate of drug-likeness (QED) is 0.908. The molecular formula is C14H22Cl2N2O. The normalized spacial score (nSPS) is 19.2. The minimum atomic E-state index is 0. The van der Waals surface area contributed by atoms with Crippen molar-refractivity contribution in [2.24, 2.45) is 5.73 Å². The summed E-state index contributed by atoms with van der Waals surface area (Å²) in [5, 5.41) is 0.761. The van der Waals surface area contributed by atoms with E-state index in [0.717, 1.165) is 36.0 Å². The highest BCUT2D eigenvalue weighted by atomic mass is 35.5. The molecule has 0 aliphatic carbocycles. The molecule has 2 rings (SSSR count). The minimum absolute atomic E-state index is 0. The van der Waals surface area contributed by atoms with Gasteiger partial charge in [-0.3, -0.25) is 4.90 Å². The zero-order chi connectivity index (χ0) is 13.0. The number of benzene rings is 1. The Balaban J connectivity index is 0.00000180. The van der Waals surface area contributed by atoms with Crippen LogP contribution in [0.2, 0.25) is 5.02 Å². The first-order chi connectivity index (χ1) is 8.74. The lowest BCUT2D eigenvalue weighted by Gasteiger charge is -2.24. The molecule has 1 heterocycles. The molecule has 0 bridgehead atoms. The second kappa shape index (κ2) is 7.95. The van der Waals surface area contributed by atoms with Crippen LogP contribution in [0.1, 0.15) is 25.3 Å². The van der Waals surface area contributed by atoms with Crippen molar-refractivity contribution in [2.45, 2.75) is 32.4 Å². The van der Waals surface area contributed by atoms with Crippen LogP contribution >= 0.6 is 24.0 Å². The maximum Gasteiger partial charge on any atom is 0.123 e. The standard InChI is InChI=1S/C14H21ClN2O.ClH/c1-2-18-14-6-5-12(15)8-11(14)10-17-7-3-4-13(17)9-16;/h5-6,8,13H,2-4,7,9-10,16H2,1H3;1H/t13-;/m1./s1. The van der Waals surface area contributed by atoms with E-state index in [2.05, 4.69) is 4.90 Å². The summed E-state index contributed by atoms with van der Waals surface area (Å²) >= 11 is 6.07. The van der Waals surface area contributed by atoms with Gasteiger partial charge in [0.2, 0.25) is 0 Å². The number of ether oxygens (including phenoxy) is 1. The van der Waals surface area contributed by atoms with Gasteiger partial charge in [-0.2, -0.15) is 0 Å². The van der Waals surface area contributed by atoms with Crippen LogP contribution in [0.5, 0.6) is 5.75 Å². The van der Waals surface area contributed by atoms with Gasteiger partial charge < -0.3 is 10.5 Å². The van der Waals surface area contributed by atoms with Gasteiger partial charge in [-0.05, 0) is 44.5 Å². The average Bonchev–Trinajstić information content (AvgIpc) is 2.80. The number of nitrogens with zero attached hydrogens (tertiary/aromatic N) is 1. The van der Waals surface area contributed by atoms with Crippen LogP contribution in [-0.2, 0) is 6.54 Å². The van der Waals surface area contributed by atoms with Gasteiger partial charge in [-0.15, -0.1) is 12.4 Å². The van der Waals surface area contributed by atoms with Crippen molar-refractivity contribution < 1.29 is 4.74 Å². The first-order valence-electron chi connectivity index (χ1n) is 6.60. The highest BCUT2D eigenvalue weighted by molar-refractivity contribution is 6.30. The zero-order valence-electron chi connectivity index (χ0n) is 11.3. The van der Waals surface area contributed by atoms with E-state index in [0.29, 0.717) is 12.6 Å². The topological polar surface area (TPSA) is 38.5 Å². The van der Waals surface area contributed by atoms with Crippen LogP contribution < -0.4 is 10.5 Å². The van der Waals surface area contributed by atoms with Gasteiger partial charge in [-0.1, -0.05) is 11.6 Å². The van der Waals surface area contributed by atoms with Crippen molar-refractivity contribution in [3.05, 3.63) is 28.8 Å². The molecule has 1 aromatic carbocycles. The van der Waals surface area contributed by atoms with E-state index >= 15 is 0 Å². The van der Waals surface area contributed by atoms with Gasteiger partial charge >= 0.3 is 0 Å². The van der Waals surface area contributed by atoms with Crippen LogP contribution in [-0.4, -0.2) is 30.6 Å². The summed E-state index contributed by atoms with van der Waals surface area (Å²) in [6, 6.07) is 6.33. The van der Waals surface area contributed by atoms with Crippen molar-refractivity contribution >= 4 is 24.0 Å². The van der Waals surface area contributed by atoms with Crippen LogP contribution in [0.4, 0.5) is 0 Å². The SMILES string of the molecule is CCOc1ccc(Cl)cc1CN1CCC[C@@H]1CN.Cl. The maximum atomic E-state index is 6.07. The Morgan fingerprint density at radius 2 is 2.26 bits per heavy atom. The summed E-state index contributed by atoms with van der Waals surface area (Å²) in [7, 11) is 0. The van der Waals surface area contributed by atoms with Crippen molar-refractivity contribution in [3.63, 3.8) is 0 Å². The van der Waals surface area contributed by atoms with E-state index < -0.39 is 0 Å². The Morgan fingerprint density at radius 1 is 1.47 bits per heavy atom. The zero-order valence-corrected chi connectivity index (χ0v) is 12.8. The van der Waals surface area contributed by atoms with E-state index in [4.69, 9.17) is 22.1 Å². The van der Waals surface area contributed by atoms with Crippen molar-refractivity contribution in [1.29, 1.82) is 0 Å². The number of likely N-dealkylation sites (tertiary alicyclic amines) is 1. The molecule has 19 heavy (non-hydrogen) atoms. The molecule has 0 unspecified atom stereocenters. The van der Waals surface area contributed by atoms with Crippen LogP contribution in [0.25, 0.3) is 0 Å². The third-order valence-corrected chi connectivity index (χ3v) is 3.70. The Hall–Kier alpha value is -0.480. The maximum absolute atomic E-state index is 6.07. The molecule has 1 aliphatic rings. The molecule has 1 saturated heterocycles. The largest absolute Gasteiger partial charge is 0.494 e. The number of nitrogens with two attached hydrogens (primary N) is 1. The number of hydrogen-bond donors (Lipinski definition) is 1. The Morgan fingerprint density at radius 3 is 2.95 bits per heavy atom. The molecule has 2 N–H and O–H groups in total. The molecule has 1 aromatic rings. The third kappa shape index (κ3) is 4.25. The Kier molecular flexibility index (Phi) is 6.94. The van der Waals surface area contributed by atoms with Crippen molar-refractivity contribution in [1.82, 2.24) is 4.90 Å². The second-order valence-corrected chi connectivity index (χ2v) is 5.12. The highest BCUT2D eigenvalue weighted by Crippen LogP contribution is 2.27. The molecule has 0 saturated carbocycles.